The van der Waals surface area contributed by atoms with Crippen molar-refractivity contribution >= 4 is 12.0 Å². The van der Waals surface area contributed by atoms with Crippen molar-refractivity contribution in [1.29, 1.82) is 5.26 Å². The van der Waals surface area contributed by atoms with E-state index < -0.39 is 0 Å². The molecule has 15 heavy (non-hydrogen) atoms. The summed E-state index contributed by atoms with van der Waals surface area (Å²) in [6.07, 6.45) is 2.03. The van der Waals surface area contributed by atoms with E-state index in [9.17, 15) is 4.79 Å². The second-order valence-corrected chi connectivity index (χ2v) is 3.44. The molecular formula is C12H10N2O. The van der Waals surface area contributed by atoms with E-state index in [0.717, 1.165) is 11.1 Å². The second kappa shape index (κ2) is 3.58. The average Bonchev–Trinajstić information content (AvgIpc) is 2.56. The van der Waals surface area contributed by atoms with Crippen LogP contribution in [0.15, 0.2) is 24.8 Å². The first-order chi connectivity index (χ1) is 7.26. The first-order valence-corrected chi connectivity index (χ1v) is 4.70. The van der Waals surface area contributed by atoms with Gasteiger partial charge in [-0.1, -0.05) is 18.7 Å². The molecule has 1 amide bonds. The number of nitrogens with one attached hydrogen (secondary N) is 1. The Kier molecular flexibility index (Phi) is 2.26. The van der Waals surface area contributed by atoms with Crippen molar-refractivity contribution in [3.8, 4) is 6.07 Å². The number of nitrogens with zero attached hydrogens (tertiary/aromatic N) is 1. The fourth-order valence-electron chi connectivity index (χ4n) is 1.77. The Morgan fingerprint density at radius 1 is 1.60 bits per heavy atom. The van der Waals surface area contributed by atoms with Gasteiger partial charge in [-0.25, -0.2) is 0 Å². The van der Waals surface area contributed by atoms with E-state index in [0.29, 0.717) is 12.0 Å². The summed E-state index contributed by atoms with van der Waals surface area (Å²) in [5.74, 6) is -0.0964. The third-order valence-electron chi connectivity index (χ3n) is 2.53. The number of carbonyl (C=O) groups excluding carboxylic acids is 1. The maximum Gasteiger partial charge on any atom is 0.252 e. The Labute approximate surface area is 88.0 Å². The lowest BCUT2D eigenvalue weighted by Crippen LogP contribution is -2.18. The van der Waals surface area contributed by atoms with Gasteiger partial charge in [0, 0.05) is 5.56 Å². The Morgan fingerprint density at radius 3 is 3.07 bits per heavy atom. The summed E-state index contributed by atoms with van der Waals surface area (Å²) >= 11 is 0. The Morgan fingerprint density at radius 2 is 2.40 bits per heavy atom. The highest BCUT2D eigenvalue weighted by atomic mass is 16.2. The van der Waals surface area contributed by atoms with E-state index in [2.05, 4.69) is 18.0 Å². The highest BCUT2D eigenvalue weighted by Crippen LogP contribution is 2.28. The molecule has 1 aromatic rings. The SMILES string of the molecule is C=Cc1ccc2c(c1)C(CC#N)NC2=O. The Bertz CT molecular complexity index is 471. The quantitative estimate of drug-likeness (QED) is 0.790. The van der Waals surface area contributed by atoms with E-state index in [-0.39, 0.29) is 11.9 Å². The van der Waals surface area contributed by atoms with Gasteiger partial charge in [0.2, 0.25) is 0 Å². The zero-order chi connectivity index (χ0) is 10.8. The topological polar surface area (TPSA) is 52.9 Å². The van der Waals surface area contributed by atoms with E-state index in [1.807, 2.05) is 12.1 Å². The predicted octanol–water partition coefficient (Wildman–Crippen LogP) is 2.03. The average molecular weight is 198 g/mol. The van der Waals surface area contributed by atoms with Crippen molar-refractivity contribution in [1.82, 2.24) is 5.32 Å². The highest BCUT2D eigenvalue weighted by molar-refractivity contribution is 5.99. The minimum atomic E-state index is -0.169. The van der Waals surface area contributed by atoms with Gasteiger partial charge in [-0.2, -0.15) is 5.26 Å². The molecule has 0 radical (unpaired) electrons. The third-order valence-corrected chi connectivity index (χ3v) is 2.53. The predicted molar refractivity (Wildman–Crippen MR) is 57.0 cm³/mol. The van der Waals surface area contributed by atoms with Crippen LogP contribution in [0.3, 0.4) is 0 Å². The molecular weight excluding hydrogens is 188 g/mol. The number of hydrogen-bond acceptors (Lipinski definition) is 2. The van der Waals surface area contributed by atoms with Gasteiger partial charge in [0.05, 0.1) is 18.5 Å². The summed E-state index contributed by atoms with van der Waals surface area (Å²) < 4.78 is 0. The van der Waals surface area contributed by atoms with Gasteiger partial charge >= 0.3 is 0 Å². The van der Waals surface area contributed by atoms with Gasteiger partial charge in [-0.15, -0.1) is 0 Å². The summed E-state index contributed by atoms with van der Waals surface area (Å²) in [4.78, 5) is 11.5. The molecule has 1 aliphatic heterocycles. The molecule has 2 rings (SSSR count). The van der Waals surface area contributed by atoms with Crippen molar-refractivity contribution in [3.63, 3.8) is 0 Å². The van der Waals surface area contributed by atoms with Crippen LogP contribution in [0.1, 0.15) is 33.9 Å². The van der Waals surface area contributed by atoms with Crippen LogP contribution in [0.2, 0.25) is 0 Å². The second-order valence-electron chi connectivity index (χ2n) is 3.44. The first-order valence-electron chi connectivity index (χ1n) is 4.70. The van der Waals surface area contributed by atoms with E-state index >= 15 is 0 Å². The number of carbonyl (C=O) groups is 1. The smallest absolute Gasteiger partial charge is 0.252 e. The number of fused-ring (bicyclic) bond motifs is 1. The monoisotopic (exact) mass is 198 g/mol. The van der Waals surface area contributed by atoms with E-state index in [1.165, 1.54) is 0 Å². The summed E-state index contributed by atoms with van der Waals surface area (Å²) in [5, 5.41) is 11.4. The Hall–Kier alpha value is -2.08. The van der Waals surface area contributed by atoms with E-state index in [4.69, 9.17) is 5.26 Å². The standard InChI is InChI=1S/C12H10N2O/c1-2-8-3-4-9-10(7-8)11(5-6-13)14-12(9)15/h2-4,7,11H,1,5H2,(H,14,15). The van der Waals surface area contributed by atoms with Crippen LogP contribution < -0.4 is 5.32 Å². The molecule has 1 atom stereocenters. The molecule has 1 N–H and O–H groups in total. The lowest BCUT2D eigenvalue weighted by Gasteiger charge is -2.06. The van der Waals surface area contributed by atoms with Crippen molar-refractivity contribution in [2.24, 2.45) is 0 Å². The highest BCUT2D eigenvalue weighted by Gasteiger charge is 2.27. The molecule has 1 unspecified atom stereocenters. The van der Waals surface area contributed by atoms with Crippen LogP contribution in [0.25, 0.3) is 6.08 Å². The zero-order valence-corrected chi connectivity index (χ0v) is 8.16. The number of rotatable bonds is 2. The normalized spacial score (nSPS) is 17.8. The molecule has 74 valence electrons. The Balaban J connectivity index is 2.48. The van der Waals surface area contributed by atoms with Gasteiger partial charge in [0.1, 0.15) is 0 Å². The zero-order valence-electron chi connectivity index (χ0n) is 8.16. The van der Waals surface area contributed by atoms with Crippen LogP contribution in [0.5, 0.6) is 0 Å². The first kappa shape index (κ1) is 9.47. The van der Waals surface area contributed by atoms with Crippen molar-refractivity contribution in [2.45, 2.75) is 12.5 Å². The molecule has 3 heteroatoms. The van der Waals surface area contributed by atoms with Gasteiger partial charge in [-0.05, 0) is 23.3 Å². The minimum Gasteiger partial charge on any atom is -0.344 e. The van der Waals surface area contributed by atoms with Crippen LogP contribution in [0, 0.1) is 11.3 Å². The van der Waals surface area contributed by atoms with Gasteiger partial charge in [0.15, 0.2) is 0 Å². The number of amides is 1. The number of hydrogen-bond donors (Lipinski definition) is 1. The van der Waals surface area contributed by atoms with Crippen LogP contribution >= 0.6 is 0 Å². The summed E-state index contributed by atoms with van der Waals surface area (Å²) in [7, 11) is 0. The minimum absolute atomic E-state index is 0.0964. The fraction of sp³-hybridized carbons (Fsp3) is 0.167. The molecule has 0 saturated heterocycles. The summed E-state index contributed by atoms with van der Waals surface area (Å²) in [6.45, 7) is 3.68. The summed E-state index contributed by atoms with van der Waals surface area (Å²) in [6, 6.07) is 7.43. The molecule has 1 heterocycles. The third kappa shape index (κ3) is 1.50. The maximum atomic E-state index is 11.5. The van der Waals surface area contributed by atoms with Crippen molar-refractivity contribution in [3.05, 3.63) is 41.5 Å². The molecule has 0 spiro atoms. The van der Waals surface area contributed by atoms with Crippen LogP contribution in [-0.4, -0.2) is 5.91 Å². The van der Waals surface area contributed by atoms with Crippen molar-refractivity contribution in [2.75, 3.05) is 0 Å². The largest absolute Gasteiger partial charge is 0.344 e. The molecule has 0 aliphatic carbocycles. The van der Waals surface area contributed by atoms with Crippen molar-refractivity contribution < 1.29 is 4.79 Å². The molecule has 0 saturated carbocycles. The summed E-state index contributed by atoms with van der Waals surface area (Å²) in [5.41, 5.74) is 2.54. The maximum absolute atomic E-state index is 11.5. The van der Waals surface area contributed by atoms with Gasteiger partial charge in [-0.3, -0.25) is 4.79 Å². The van der Waals surface area contributed by atoms with Crippen LogP contribution in [-0.2, 0) is 0 Å². The van der Waals surface area contributed by atoms with Gasteiger partial charge < -0.3 is 5.32 Å². The lowest BCUT2D eigenvalue weighted by atomic mass is 10.00. The molecule has 3 nitrogen and oxygen atoms in total. The lowest BCUT2D eigenvalue weighted by molar-refractivity contribution is 0.0957. The molecule has 0 aromatic heterocycles. The molecule has 0 fully saturated rings. The molecule has 0 bridgehead atoms. The van der Waals surface area contributed by atoms with Gasteiger partial charge in [0.25, 0.3) is 5.91 Å². The van der Waals surface area contributed by atoms with Crippen LogP contribution in [0.4, 0.5) is 0 Å². The number of benzene rings is 1. The fourth-order valence-corrected chi connectivity index (χ4v) is 1.77. The molecule has 1 aliphatic rings. The number of nitriles is 1. The van der Waals surface area contributed by atoms with E-state index in [1.54, 1.807) is 12.1 Å². The molecule has 1 aromatic carbocycles.